The minimum absolute atomic E-state index is 0.124. The zero-order valence-electron chi connectivity index (χ0n) is 10.3. The van der Waals surface area contributed by atoms with E-state index in [4.69, 9.17) is 9.84 Å². The first-order valence-electron chi connectivity index (χ1n) is 5.83. The van der Waals surface area contributed by atoms with Gasteiger partial charge in [-0.05, 0) is 12.8 Å². The second-order valence-corrected chi connectivity index (χ2v) is 4.35. The number of carboxylic acids is 1. The molecule has 98 valence electrons. The maximum atomic E-state index is 11.7. The highest BCUT2D eigenvalue weighted by Crippen LogP contribution is 2.11. The summed E-state index contributed by atoms with van der Waals surface area (Å²) in [7, 11) is 1.64. The molecule has 0 aromatic heterocycles. The molecule has 6 heteroatoms. The lowest BCUT2D eigenvalue weighted by molar-refractivity contribution is -0.141. The van der Waals surface area contributed by atoms with Crippen molar-refractivity contribution < 1.29 is 19.4 Å². The largest absolute Gasteiger partial charge is 0.481 e. The van der Waals surface area contributed by atoms with Gasteiger partial charge in [-0.25, -0.2) is 4.79 Å². The van der Waals surface area contributed by atoms with E-state index in [1.807, 2.05) is 0 Å². The maximum Gasteiger partial charge on any atom is 0.317 e. The minimum atomic E-state index is -0.833. The van der Waals surface area contributed by atoms with Crippen LogP contribution in [-0.4, -0.2) is 54.9 Å². The number of nitrogens with zero attached hydrogens (tertiary/aromatic N) is 1. The molecule has 0 aromatic carbocycles. The molecule has 0 aliphatic carbocycles. The molecule has 1 aliphatic rings. The Morgan fingerprint density at radius 3 is 2.82 bits per heavy atom. The molecular formula is C11H20N2O4. The third-order valence-electron chi connectivity index (χ3n) is 3.04. The molecule has 1 fully saturated rings. The molecule has 17 heavy (non-hydrogen) atoms. The lowest BCUT2D eigenvalue weighted by Gasteiger charge is -2.17. The van der Waals surface area contributed by atoms with Crippen molar-refractivity contribution in [1.29, 1.82) is 0 Å². The molecule has 2 unspecified atom stereocenters. The Hall–Kier alpha value is -1.30. The van der Waals surface area contributed by atoms with Crippen LogP contribution >= 0.6 is 0 Å². The average molecular weight is 244 g/mol. The zero-order valence-corrected chi connectivity index (χ0v) is 10.3. The van der Waals surface area contributed by atoms with Crippen LogP contribution in [0.15, 0.2) is 0 Å². The summed E-state index contributed by atoms with van der Waals surface area (Å²) in [4.78, 5) is 23.9. The van der Waals surface area contributed by atoms with Gasteiger partial charge in [-0.2, -0.15) is 0 Å². The smallest absolute Gasteiger partial charge is 0.317 e. The predicted molar refractivity (Wildman–Crippen MR) is 61.8 cm³/mol. The Morgan fingerprint density at radius 2 is 2.29 bits per heavy atom. The average Bonchev–Trinajstić information content (AvgIpc) is 2.77. The molecule has 0 aromatic rings. The molecule has 1 rings (SSSR count). The van der Waals surface area contributed by atoms with E-state index in [0.717, 1.165) is 6.42 Å². The highest BCUT2D eigenvalue weighted by Gasteiger charge is 2.25. The highest BCUT2D eigenvalue weighted by atomic mass is 16.5. The van der Waals surface area contributed by atoms with Crippen LogP contribution < -0.4 is 5.32 Å². The second kappa shape index (κ2) is 6.44. The fourth-order valence-electron chi connectivity index (χ4n) is 1.74. The SMILES string of the molecule is COC1CCN(C(=O)NCCC(C)C(=O)O)C1. The Balaban J connectivity index is 2.20. The van der Waals surface area contributed by atoms with Gasteiger partial charge >= 0.3 is 12.0 Å². The van der Waals surface area contributed by atoms with Crippen molar-refractivity contribution in [2.45, 2.75) is 25.9 Å². The fraction of sp³-hybridized carbons (Fsp3) is 0.818. The second-order valence-electron chi connectivity index (χ2n) is 4.35. The number of ether oxygens (including phenoxy) is 1. The number of aliphatic carboxylic acids is 1. The van der Waals surface area contributed by atoms with E-state index in [1.54, 1.807) is 18.9 Å². The van der Waals surface area contributed by atoms with Gasteiger partial charge in [0.1, 0.15) is 0 Å². The first kappa shape index (κ1) is 13.8. The molecule has 0 spiro atoms. The summed E-state index contributed by atoms with van der Waals surface area (Å²) in [5.74, 6) is -1.26. The van der Waals surface area contributed by atoms with Gasteiger partial charge in [0.2, 0.25) is 0 Å². The molecule has 0 saturated carbocycles. The standard InChI is InChI=1S/C11H20N2O4/c1-8(10(14)15)3-5-12-11(16)13-6-4-9(7-13)17-2/h8-9H,3-7H2,1-2H3,(H,12,16)(H,14,15). The highest BCUT2D eigenvalue weighted by molar-refractivity contribution is 5.74. The molecule has 2 amide bonds. The van der Waals surface area contributed by atoms with Crippen LogP contribution in [0.1, 0.15) is 19.8 Å². The van der Waals surface area contributed by atoms with E-state index in [9.17, 15) is 9.59 Å². The third kappa shape index (κ3) is 4.22. The Bertz CT molecular complexity index is 283. The minimum Gasteiger partial charge on any atom is -0.481 e. The number of hydrogen-bond donors (Lipinski definition) is 2. The Kier molecular flexibility index (Phi) is 5.21. The first-order valence-corrected chi connectivity index (χ1v) is 5.83. The monoisotopic (exact) mass is 244 g/mol. The number of likely N-dealkylation sites (tertiary alicyclic amines) is 1. The molecule has 1 aliphatic heterocycles. The van der Waals surface area contributed by atoms with Crippen molar-refractivity contribution in [1.82, 2.24) is 10.2 Å². The quantitative estimate of drug-likeness (QED) is 0.739. The maximum absolute atomic E-state index is 11.7. The van der Waals surface area contributed by atoms with Crippen LogP contribution in [0.3, 0.4) is 0 Å². The fourth-order valence-corrected chi connectivity index (χ4v) is 1.74. The van der Waals surface area contributed by atoms with Gasteiger partial charge in [0, 0.05) is 26.7 Å². The molecule has 1 saturated heterocycles. The first-order chi connectivity index (χ1) is 8.04. The molecule has 2 atom stereocenters. The van der Waals surface area contributed by atoms with E-state index in [-0.39, 0.29) is 12.1 Å². The zero-order chi connectivity index (χ0) is 12.8. The number of amides is 2. The number of hydrogen-bond acceptors (Lipinski definition) is 3. The molecular weight excluding hydrogens is 224 g/mol. The van der Waals surface area contributed by atoms with Crippen molar-refractivity contribution in [3.63, 3.8) is 0 Å². The van der Waals surface area contributed by atoms with Crippen molar-refractivity contribution in [2.24, 2.45) is 5.92 Å². The topological polar surface area (TPSA) is 78.9 Å². The predicted octanol–water partition coefficient (Wildman–Crippen LogP) is 0.527. The van der Waals surface area contributed by atoms with Crippen LogP contribution in [0.5, 0.6) is 0 Å². The van der Waals surface area contributed by atoms with Crippen molar-refractivity contribution >= 4 is 12.0 Å². The summed E-state index contributed by atoms with van der Waals surface area (Å²) in [5, 5.41) is 11.4. The van der Waals surface area contributed by atoms with Gasteiger partial charge in [0.25, 0.3) is 0 Å². The number of carbonyl (C=O) groups excluding carboxylic acids is 1. The number of methoxy groups -OCH3 is 1. The van der Waals surface area contributed by atoms with E-state index in [0.29, 0.717) is 26.1 Å². The van der Waals surface area contributed by atoms with E-state index in [2.05, 4.69) is 5.32 Å². The van der Waals surface area contributed by atoms with Crippen LogP contribution in [0.4, 0.5) is 4.79 Å². The summed E-state index contributed by atoms with van der Waals surface area (Å²) in [6, 6.07) is -0.137. The van der Waals surface area contributed by atoms with Gasteiger partial charge in [0.15, 0.2) is 0 Å². The summed E-state index contributed by atoms with van der Waals surface area (Å²) < 4.78 is 5.17. The number of carbonyl (C=O) groups is 2. The van der Waals surface area contributed by atoms with Crippen LogP contribution in [-0.2, 0) is 9.53 Å². The normalized spacial score (nSPS) is 21.3. The van der Waals surface area contributed by atoms with Crippen molar-refractivity contribution in [2.75, 3.05) is 26.7 Å². The van der Waals surface area contributed by atoms with Gasteiger partial charge in [-0.15, -0.1) is 0 Å². The van der Waals surface area contributed by atoms with E-state index >= 15 is 0 Å². The number of urea groups is 1. The molecule has 0 radical (unpaired) electrons. The molecule has 2 N–H and O–H groups in total. The summed E-state index contributed by atoms with van der Waals surface area (Å²) >= 11 is 0. The van der Waals surface area contributed by atoms with Crippen molar-refractivity contribution in [3.8, 4) is 0 Å². The third-order valence-corrected chi connectivity index (χ3v) is 3.04. The lowest BCUT2D eigenvalue weighted by Crippen LogP contribution is -2.40. The van der Waals surface area contributed by atoms with Crippen LogP contribution in [0, 0.1) is 5.92 Å². The number of carboxylic acid groups (broad SMARTS) is 1. The van der Waals surface area contributed by atoms with Crippen molar-refractivity contribution in [3.05, 3.63) is 0 Å². The van der Waals surface area contributed by atoms with Crippen LogP contribution in [0.25, 0.3) is 0 Å². The van der Waals surface area contributed by atoms with Gasteiger partial charge in [-0.1, -0.05) is 6.92 Å². The number of nitrogens with one attached hydrogen (secondary N) is 1. The van der Waals surface area contributed by atoms with E-state index < -0.39 is 11.9 Å². The van der Waals surface area contributed by atoms with Gasteiger partial charge in [0.05, 0.1) is 12.0 Å². The van der Waals surface area contributed by atoms with Gasteiger partial charge < -0.3 is 20.1 Å². The molecule has 1 heterocycles. The lowest BCUT2D eigenvalue weighted by atomic mass is 10.1. The Morgan fingerprint density at radius 1 is 1.59 bits per heavy atom. The van der Waals surface area contributed by atoms with Gasteiger partial charge in [-0.3, -0.25) is 4.79 Å². The molecule has 0 bridgehead atoms. The van der Waals surface area contributed by atoms with E-state index in [1.165, 1.54) is 0 Å². The summed E-state index contributed by atoms with van der Waals surface area (Å²) in [6.07, 6.45) is 1.43. The van der Waals surface area contributed by atoms with Crippen LogP contribution in [0.2, 0.25) is 0 Å². The summed E-state index contributed by atoms with van der Waals surface area (Å²) in [6.45, 7) is 3.32. The molecule has 6 nitrogen and oxygen atoms in total. The summed E-state index contributed by atoms with van der Waals surface area (Å²) in [5.41, 5.74) is 0. The Labute approximate surface area is 101 Å². The number of rotatable bonds is 5.